The molecule has 5 aromatic carbocycles. The zero-order valence-electron chi connectivity index (χ0n) is 30.1. The third-order valence-corrected chi connectivity index (χ3v) is 11.7. The molecule has 0 bridgehead atoms. The summed E-state index contributed by atoms with van der Waals surface area (Å²) in [4.78, 5) is 30.5. The van der Waals surface area contributed by atoms with Gasteiger partial charge >= 0.3 is 6.18 Å². The van der Waals surface area contributed by atoms with Gasteiger partial charge in [-0.1, -0.05) is 60.7 Å². The Balaban J connectivity index is 0.966. The van der Waals surface area contributed by atoms with Crippen LogP contribution in [0.4, 0.5) is 24.7 Å². The van der Waals surface area contributed by atoms with Crippen LogP contribution in [0.25, 0.3) is 21.9 Å². The molecule has 11 nitrogen and oxygen atoms in total. The number of fused-ring (bicyclic) bond motifs is 1. The van der Waals surface area contributed by atoms with Gasteiger partial charge in [-0.15, -0.1) is 22.0 Å². The summed E-state index contributed by atoms with van der Waals surface area (Å²) in [6, 6.07) is 32.8. The van der Waals surface area contributed by atoms with E-state index in [1.54, 1.807) is 33.9 Å². The second-order valence-corrected chi connectivity index (χ2v) is 15.9. The number of phenolic OH excluding ortho intramolecular Hbond substituents is 1. The highest BCUT2D eigenvalue weighted by Gasteiger charge is 2.35. The quantitative estimate of drug-likeness (QED) is 0.0900. The van der Waals surface area contributed by atoms with Crippen molar-refractivity contribution in [3.63, 3.8) is 0 Å². The summed E-state index contributed by atoms with van der Waals surface area (Å²) < 4.78 is 70.0. The number of amides is 2. The van der Waals surface area contributed by atoms with E-state index in [-0.39, 0.29) is 29.6 Å². The topological polar surface area (TPSA) is 145 Å². The number of nitrogens with one attached hydrogen (secondary N) is 2. The van der Waals surface area contributed by atoms with Crippen molar-refractivity contribution >= 4 is 55.9 Å². The minimum absolute atomic E-state index is 0.140. The van der Waals surface area contributed by atoms with Crippen LogP contribution in [-0.2, 0) is 16.2 Å². The van der Waals surface area contributed by atoms with E-state index in [1.165, 1.54) is 23.9 Å². The lowest BCUT2D eigenvalue weighted by Crippen LogP contribution is -2.49. The van der Waals surface area contributed by atoms with Crippen LogP contribution in [0.1, 0.15) is 26.4 Å². The summed E-state index contributed by atoms with van der Waals surface area (Å²) in [5, 5.41) is 22.4. The predicted octanol–water partition coefficient (Wildman–Crippen LogP) is 7.31. The highest BCUT2D eigenvalue weighted by molar-refractivity contribution is 7.99. The van der Waals surface area contributed by atoms with E-state index in [0.717, 1.165) is 38.9 Å². The number of hydrogen-bond acceptors (Lipinski definition) is 10. The fraction of sp³-hybridized carbons (Fsp3) is 0.171. The van der Waals surface area contributed by atoms with Gasteiger partial charge in [0.2, 0.25) is 0 Å². The zero-order valence-corrected chi connectivity index (χ0v) is 31.7. The summed E-state index contributed by atoms with van der Waals surface area (Å²) in [5.41, 5.74) is 0.420. The summed E-state index contributed by atoms with van der Waals surface area (Å²) in [6.45, 7) is 1.72. The molecule has 16 heteroatoms. The number of nitrogens with zero attached hydrogens (tertiary/aromatic N) is 4. The molecule has 0 unspecified atom stereocenters. The van der Waals surface area contributed by atoms with Crippen LogP contribution in [0.15, 0.2) is 131 Å². The lowest BCUT2D eigenvalue weighted by atomic mass is 9.94. The molecule has 1 saturated heterocycles. The molecular formula is C41H35F3N6O5S2. The number of piperazine rings is 1. The maximum Gasteiger partial charge on any atom is 0.418 e. The molecular weight excluding hydrogens is 778 g/mol. The molecule has 0 radical (unpaired) electrons. The smallest absolute Gasteiger partial charge is 0.418 e. The van der Waals surface area contributed by atoms with Gasteiger partial charge < -0.3 is 20.2 Å². The number of halogens is 3. The van der Waals surface area contributed by atoms with Gasteiger partial charge in [0.25, 0.3) is 21.8 Å². The molecule has 7 rings (SSSR count). The monoisotopic (exact) mass is 812 g/mol. The van der Waals surface area contributed by atoms with Crippen molar-refractivity contribution in [2.75, 3.05) is 48.7 Å². The van der Waals surface area contributed by atoms with Crippen molar-refractivity contribution in [3.05, 3.63) is 138 Å². The van der Waals surface area contributed by atoms with Crippen molar-refractivity contribution in [2.45, 2.75) is 16.0 Å². The number of anilines is 2. The van der Waals surface area contributed by atoms with Crippen molar-refractivity contribution in [2.24, 2.45) is 0 Å². The van der Waals surface area contributed by atoms with Crippen LogP contribution in [0.2, 0.25) is 0 Å². The minimum atomic E-state index is -4.88. The van der Waals surface area contributed by atoms with E-state index in [2.05, 4.69) is 15.5 Å². The number of aromatic hydroxyl groups is 1. The van der Waals surface area contributed by atoms with Gasteiger partial charge in [0.15, 0.2) is 11.5 Å². The van der Waals surface area contributed by atoms with Crippen LogP contribution < -0.4 is 14.9 Å². The van der Waals surface area contributed by atoms with Crippen LogP contribution in [-0.4, -0.2) is 78.9 Å². The fourth-order valence-electron chi connectivity index (χ4n) is 6.52. The molecule has 1 aliphatic rings. The first-order valence-electron chi connectivity index (χ1n) is 17.8. The number of hydrogen-bond donors (Lipinski definition) is 3. The van der Waals surface area contributed by atoms with E-state index in [4.69, 9.17) is 0 Å². The molecule has 0 aliphatic carbocycles. The van der Waals surface area contributed by atoms with Gasteiger partial charge in [0.05, 0.1) is 10.5 Å². The van der Waals surface area contributed by atoms with Crippen molar-refractivity contribution in [1.29, 1.82) is 0 Å². The summed E-state index contributed by atoms with van der Waals surface area (Å²) >= 11 is 1.45. The number of thioether (sulfide) groups is 1. The number of carbonyl (C=O) groups excluding carboxylic acids is 2. The molecule has 57 heavy (non-hydrogen) atoms. The molecule has 292 valence electrons. The van der Waals surface area contributed by atoms with Gasteiger partial charge in [-0.3, -0.25) is 9.59 Å². The molecule has 0 atom stereocenters. The van der Waals surface area contributed by atoms with E-state index in [1.807, 2.05) is 71.6 Å². The second kappa shape index (κ2) is 16.5. The lowest BCUT2D eigenvalue weighted by Gasteiger charge is -2.35. The first kappa shape index (κ1) is 39.1. The van der Waals surface area contributed by atoms with Crippen molar-refractivity contribution in [1.82, 2.24) is 19.8 Å². The SMILES string of the molecule is O=C(NS(=O)(=O)c1ccc(NCCSc2ccccc2)c(C(F)(F)F)c1)c1ccc(N2CCN(C(=O)c3ccc(-c4cccc(O)c4)c4ccccc34)CC2)nn1. The maximum atomic E-state index is 14.0. The Kier molecular flexibility index (Phi) is 11.3. The molecule has 3 N–H and O–H groups in total. The summed E-state index contributed by atoms with van der Waals surface area (Å²) in [5.74, 6) is -0.308. The maximum absolute atomic E-state index is 14.0. The molecule has 0 saturated carbocycles. The molecule has 6 aromatic rings. The second-order valence-electron chi connectivity index (χ2n) is 13.0. The lowest BCUT2D eigenvalue weighted by molar-refractivity contribution is -0.137. The van der Waals surface area contributed by atoms with Crippen LogP contribution >= 0.6 is 11.8 Å². The van der Waals surface area contributed by atoms with Crippen LogP contribution in [0, 0.1) is 0 Å². The molecule has 1 aromatic heterocycles. The van der Waals surface area contributed by atoms with Crippen molar-refractivity contribution < 1.29 is 36.3 Å². The Morgan fingerprint density at radius 2 is 1.53 bits per heavy atom. The van der Waals surface area contributed by atoms with Gasteiger partial charge in [0, 0.05) is 54.6 Å². The Labute approximate surface area is 330 Å². The number of rotatable bonds is 11. The average Bonchev–Trinajstić information content (AvgIpc) is 3.21. The van der Waals surface area contributed by atoms with E-state index in [9.17, 15) is 36.3 Å². The summed E-state index contributed by atoms with van der Waals surface area (Å²) in [7, 11) is -4.73. The Bertz CT molecular complexity index is 2530. The Morgan fingerprint density at radius 3 is 2.23 bits per heavy atom. The molecule has 1 fully saturated rings. The van der Waals surface area contributed by atoms with E-state index >= 15 is 0 Å². The Morgan fingerprint density at radius 1 is 0.789 bits per heavy atom. The van der Waals surface area contributed by atoms with E-state index < -0.39 is 32.6 Å². The third kappa shape index (κ3) is 8.97. The van der Waals surface area contributed by atoms with Gasteiger partial charge in [-0.25, -0.2) is 13.1 Å². The normalized spacial score (nSPS) is 13.4. The van der Waals surface area contributed by atoms with Gasteiger partial charge in [-0.05, 0) is 82.6 Å². The highest BCUT2D eigenvalue weighted by atomic mass is 32.2. The number of carbonyl (C=O) groups is 2. The van der Waals surface area contributed by atoms with Gasteiger partial charge in [-0.2, -0.15) is 13.2 Å². The number of alkyl halides is 3. The first-order chi connectivity index (χ1) is 27.4. The average molecular weight is 813 g/mol. The number of aromatic nitrogens is 2. The van der Waals surface area contributed by atoms with Crippen molar-refractivity contribution in [3.8, 4) is 16.9 Å². The van der Waals surface area contributed by atoms with Gasteiger partial charge in [0.1, 0.15) is 5.75 Å². The first-order valence-corrected chi connectivity index (χ1v) is 20.2. The van der Waals surface area contributed by atoms with E-state index in [0.29, 0.717) is 49.4 Å². The largest absolute Gasteiger partial charge is 0.508 e. The number of sulfonamides is 1. The fourth-order valence-corrected chi connectivity index (χ4v) is 8.29. The number of benzene rings is 5. The minimum Gasteiger partial charge on any atom is -0.508 e. The molecule has 0 spiro atoms. The zero-order chi connectivity index (χ0) is 40.2. The molecule has 1 aliphatic heterocycles. The standard InChI is InChI=1S/C41H35F3N6O5S2/c42-41(43,44)35-26-30(13-16-36(35)45-19-24-56-29-9-2-1-3-10-29)57(54,55)48-39(52)37-17-18-38(47-46-37)49-20-22-50(23-21-49)40(53)34-15-14-31(27-7-6-8-28(51)25-27)32-11-4-5-12-33(32)34/h1-18,25-26,45,51H,19-24H2,(H,48,52). The third-order valence-electron chi connectivity index (χ3n) is 9.35. The molecule has 2 heterocycles. The summed E-state index contributed by atoms with van der Waals surface area (Å²) in [6.07, 6.45) is -4.88. The predicted molar refractivity (Wildman–Crippen MR) is 213 cm³/mol. The van der Waals surface area contributed by atoms with Crippen LogP contribution in [0.5, 0.6) is 5.75 Å². The molecule has 2 amide bonds. The Hall–Kier alpha value is -6.13. The van der Waals surface area contributed by atoms with Crippen LogP contribution in [0.3, 0.4) is 0 Å². The highest BCUT2D eigenvalue weighted by Crippen LogP contribution is 2.37. The number of phenols is 1.